The number of hydrogen-bond acceptors (Lipinski definition) is 2. The lowest BCUT2D eigenvalue weighted by Crippen LogP contribution is -2.14. The van der Waals surface area contributed by atoms with Crippen LogP contribution < -0.4 is 10.1 Å². The predicted molar refractivity (Wildman–Crippen MR) is 93.2 cm³/mol. The maximum absolute atomic E-state index is 5.87. The topological polar surface area (TPSA) is 21.3 Å². The van der Waals surface area contributed by atoms with Crippen molar-refractivity contribution in [3.05, 3.63) is 65.2 Å². The Kier molecular flexibility index (Phi) is 6.98. The van der Waals surface area contributed by atoms with Crippen LogP contribution in [0, 0.1) is 6.92 Å². The van der Waals surface area contributed by atoms with E-state index in [0.29, 0.717) is 6.61 Å². The zero-order valence-electron chi connectivity index (χ0n) is 13.8. The van der Waals surface area contributed by atoms with E-state index in [1.165, 1.54) is 36.0 Å². The summed E-state index contributed by atoms with van der Waals surface area (Å²) in [6.45, 7) is 7.00. The van der Waals surface area contributed by atoms with Crippen molar-refractivity contribution in [1.82, 2.24) is 5.32 Å². The van der Waals surface area contributed by atoms with Crippen LogP contribution in [-0.4, -0.2) is 6.54 Å². The van der Waals surface area contributed by atoms with Gasteiger partial charge in [-0.1, -0.05) is 56.2 Å². The lowest BCUT2D eigenvalue weighted by molar-refractivity contribution is 0.305. The summed E-state index contributed by atoms with van der Waals surface area (Å²) >= 11 is 0. The summed E-state index contributed by atoms with van der Waals surface area (Å²) in [7, 11) is 0. The van der Waals surface area contributed by atoms with Crippen molar-refractivity contribution in [1.29, 1.82) is 0 Å². The smallest absolute Gasteiger partial charge is 0.119 e. The summed E-state index contributed by atoms with van der Waals surface area (Å²) in [5.41, 5.74) is 3.82. The van der Waals surface area contributed by atoms with Crippen molar-refractivity contribution in [2.24, 2.45) is 0 Å². The minimum atomic E-state index is 0.626. The molecule has 2 nitrogen and oxygen atoms in total. The molecule has 1 N–H and O–H groups in total. The van der Waals surface area contributed by atoms with Crippen LogP contribution in [0.2, 0.25) is 0 Å². The van der Waals surface area contributed by atoms with E-state index in [-0.39, 0.29) is 0 Å². The largest absolute Gasteiger partial charge is 0.489 e. The fraction of sp³-hybridized carbons (Fsp3) is 0.400. The van der Waals surface area contributed by atoms with Gasteiger partial charge in [0.05, 0.1) is 0 Å². The molecule has 0 atom stereocenters. The molecule has 2 heteroatoms. The summed E-state index contributed by atoms with van der Waals surface area (Å²) in [5, 5.41) is 3.48. The van der Waals surface area contributed by atoms with E-state index in [1.54, 1.807) is 0 Å². The van der Waals surface area contributed by atoms with Crippen molar-refractivity contribution in [2.75, 3.05) is 6.54 Å². The number of rotatable bonds is 9. The van der Waals surface area contributed by atoms with Gasteiger partial charge in [-0.05, 0) is 48.7 Å². The number of hydrogen-bond donors (Lipinski definition) is 1. The van der Waals surface area contributed by atoms with Crippen LogP contribution in [0.25, 0.3) is 0 Å². The fourth-order valence-electron chi connectivity index (χ4n) is 2.37. The first-order chi connectivity index (χ1) is 10.8. The van der Waals surface area contributed by atoms with Crippen LogP contribution in [0.5, 0.6) is 5.75 Å². The summed E-state index contributed by atoms with van der Waals surface area (Å²) in [5.74, 6) is 0.929. The quantitative estimate of drug-likeness (QED) is 0.668. The Balaban J connectivity index is 1.76. The van der Waals surface area contributed by atoms with Crippen LogP contribution in [0.4, 0.5) is 0 Å². The van der Waals surface area contributed by atoms with E-state index in [4.69, 9.17) is 4.74 Å². The van der Waals surface area contributed by atoms with E-state index in [9.17, 15) is 0 Å². The zero-order valence-corrected chi connectivity index (χ0v) is 13.8. The molecule has 0 spiro atoms. The SMILES string of the molecule is CCCCCNCc1ccc(OCc2ccccc2C)cc1. The monoisotopic (exact) mass is 297 g/mol. The van der Waals surface area contributed by atoms with Gasteiger partial charge in [-0.25, -0.2) is 0 Å². The van der Waals surface area contributed by atoms with Gasteiger partial charge in [0.15, 0.2) is 0 Å². The highest BCUT2D eigenvalue weighted by molar-refractivity contribution is 5.29. The van der Waals surface area contributed by atoms with Crippen LogP contribution >= 0.6 is 0 Å². The molecule has 0 amide bonds. The molecule has 0 aliphatic rings. The Bertz CT molecular complexity index is 548. The molecule has 0 aliphatic heterocycles. The van der Waals surface area contributed by atoms with Gasteiger partial charge >= 0.3 is 0 Å². The van der Waals surface area contributed by atoms with Gasteiger partial charge in [0.25, 0.3) is 0 Å². The molecule has 0 aromatic heterocycles. The molecular formula is C20H27NO. The number of unbranched alkanes of at least 4 members (excludes halogenated alkanes) is 2. The molecule has 0 bridgehead atoms. The number of aryl methyl sites for hydroxylation is 1. The molecule has 2 rings (SSSR count). The second-order valence-corrected chi connectivity index (χ2v) is 5.74. The van der Waals surface area contributed by atoms with Crippen molar-refractivity contribution >= 4 is 0 Å². The maximum atomic E-state index is 5.87. The molecule has 2 aromatic rings. The summed E-state index contributed by atoms with van der Waals surface area (Å²) in [6.07, 6.45) is 3.83. The number of benzene rings is 2. The Labute approximate surface area is 134 Å². The normalized spacial score (nSPS) is 10.6. The highest BCUT2D eigenvalue weighted by Gasteiger charge is 1.99. The molecule has 0 radical (unpaired) electrons. The first-order valence-electron chi connectivity index (χ1n) is 8.26. The van der Waals surface area contributed by atoms with Gasteiger partial charge in [0.1, 0.15) is 12.4 Å². The highest BCUT2D eigenvalue weighted by atomic mass is 16.5. The van der Waals surface area contributed by atoms with E-state index in [0.717, 1.165) is 18.8 Å². The van der Waals surface area contributed by atoms with Crippen LogP contribution in [0.15, 0.2) is 48.5 Å². The summed E-state index contributed by atoms with van der Waals surface area (Å²) in [6, 6.07) is 16.7. The van der Waals surface area contributed by atoms with Crippen molar-refractivity contribution < 1.29 is 4.74 Å². The van der Waals surface area contributed by atoms with Crippen LogP contribution in [0.3, 0.4) is 0 Å². The van der Waals surface area contributed by atoms with Crippen molar-refractivity contribution in [3.8, 4) is 5.75 Å². The van der Waals surface area contributed by atoms with Crippen LogP contribution in [-0.2, 0) is 13.2 Å². The molecular weight excluding hydrogens is 270 g/mol. The summed E-state index contributed by atoms with van der Waals surface area (Å²) in [4.78, 5) is 0. The molecule has 22 heavy (non-hydrogen) atoms. The second-order valence-electron chi connectivity index (χ2n) is 5.74. The first-order valence-corrected chi connectivity index (χ1v) is 8.26. The van der Waals surface area contributed by atoms with Gasteiger partial charge < -0.3 is 10.1 Å². The molecule has 2 aromatic carbocycles. The number of ether oxygens (including phenoxy) is 1. The molecule has 0 saturated heterocycles. The zero-order chi connectivity index (χ0) is 15.6. The van der Waals surface area contributed by atoms with Gasteiger partial charge in [-0.3, -0.25) is 0 Å². The van der Waals surface area contributed by atoms with E-state index in [1.807, 2.05) is 0 Å². The summed E-state index contributed by atoms with van der Waals surface area (Å²) < 4.78 is 5.87. The van der Waals surface area contributed by atoms with Crippen molar-refractivity contribution in [2.45, 2.75) is 46.3 Å². The third kappa shape index (κ3) is 5.53. The first kappa shape index (κ1) is 16.6. The lowest BCUT2D eigenvalue weighted by atomic mass is 10.1. The average molecular weight is 297 g/mol. The fourth-order valence-corrected chi connectivity index (χ4v) is 2.37. The standard InChI is InChI=1S/C20H27NO/c1-3-4-7-14-21-15-18-10-12-20(13-11-18)22-16-19-9-6-5-8-17(19)2/h5-6,8-13,21H,3-4,7,14-16H2,1-2H3. The Morgan fingerprint density at radius 1 is 0.955 bits per heavy atom. The van der Waals surface area contributed by atoms with Gasteiger partial charge in [-0.2, -0.15) is 0 Å². The van der Waals surface area contributed by atoms with E-state index >= 15 is 0 Å². The highest BCUT2D eigenvalue weighted by Crippen LogP contribution is 2.15. The molecule has 0 unspecified atom stereocenters. The minimum Gasteiger partial charge on any atom is -0.489 e. The molecule has 0 aliphatic carbocycles. The lowest BCUT2D eigenvalue weighted by Gasteiger charge is -2.09. The average Bonchev–Trinajstić information content (AvgIpc) is 2.55. The van der Waals surface area contributed by atoms with Crippen LogP contribution in [0.1, 0.15) is 42.9 Å². The Morgan fingerprint density at radius 3 is 2.45 bits per heavy atom. The third-order valence-electron chi connectivity index (χ3n) is 3.87. The van der Waals surface area contributed by atoms with Crippen molar-refractivity contribution in [3.63, 3.8) is 0 Å². The van der Waals surface area contributed by atoms with E-state index in [2.05, 4.69) is 67.7 Å². The Hall–Kier alpha value is -1.80. The third-order valence-corrected chi connectivity index (χ3v) is 3.87. The maximum Gasteiger partial charge on any atom is 0.119 e. The molecule has 0 fully saturated rings. The predicted octanol–water partition coefficient (Wildman–Crippen LogP) is 4.85. The Morgan fingerprint density at radius 2 is 1.73 bits per heavy atom. The van der Waals surface area contributed by atoms with Gasteiger partial charge in [0, 0.05) is 6.54 Å². The minimum absolute atomic E-state index is 0.626. The molecule has 118 valence electrons. The molecule has 0 heterocycles. The molecule has 0 saturated carbocycles. The second kappa shape index (κ2) is 9.26. The number of nitrogens with one attached hydrogen (secondary N) is 1. The van der Waals surface area contributed by atoms with Gasteiger partial charge in [-0.15, -0.1) is 0 Å². The van der Waals surface area contributed by atoms with Gasteiger partial charge in [0.2, 0.25) is 0 Å². The van der Waals surface area contributed by atoms with E-state index < -0.39 is 0 Å².